The van der Waals surface area contributed by atoms with Gasteiger partial charge in [-0.3, -0.25) is 4.57 Å². The summed E-state index contributed by atoms with van der Waals surface area (Å²) in [6, 6.07) is 47.2. The lowest BCUT2D eigenvalue weighted by molar-refractivity contribution is 0.483. The Bertz CT molecular complexity index is 3370. The van der Waals surface area contributed by atoms with Gasteiger partial charge in [0.25, 0.3) is 0 Å². The highest BCUT2D eigenvalue weighted by Gasteiger charge is 2.32. The largest absolute Gasteiger partial charge is 0.457 e. The molecule has 7 heteroatoms. The molecule has 9 aromatic rings. The van der Waals surface area contributed by atoms with Crippen molar-refractivity contribution in [3.05, 3.63) is 162 Å². The standard InChI is InChI=1S/C61H64N6O/c1-38(2)47-17-15-18-48(39(3)4)59(47)40-30-44(66-37-65(43-23-21-41(22-24-43)60(5,6)7)56-36-54-51(35-55(56)66)63-57-20-13-14-29-64(54)57)33-46(31-40)68-45-25-26-50-49-16-11-12-19-52(49)67(53(50)34-45)58-32-42(27-28-62-58)61(8,9)10/h11-12,15-19,21-28,30-36,38-39H,13-14,20,29,37H2,1-10H3. The van der Waals surface area contributed by atoms with E-state index < -0.39 is 0 Å². The first-order valence-corrected chi connectivity index (χ1v) is 24.8. The average Bonchev–Trinajstić information content (AvgIpc) is 3.99. The maximum atomic E-state index is 7.19. The summed E-state index contributed by atoms with van der Waals surface area (Å²) in [6.07, 6.45) is 5.32. The Balaban J connectivity index is 1.09. The van der Waals surface area contributed by atoms with Crippen LogP contribution >= 0.6 is 0 Å². The number of rotatable bonds is 8. The minimum Gasteiger partial charge on any atom is -0.457 e. The minimum atomic E-state index is -0.0229. The van der Waals surface area contributed by atoms with Gasteiger partial charge in [-0.15, -0.1) is 0 Å². The Morgan fingerprint density at radius 3 is 2.01 bits per heavy atom. The first kappa shape index (κ1) is 43.7. The molecule has 0 saturated carbocycles. The molecule has 5 heterocycles. The van der Waals surface area contributed by atoms with Gasteiger partial charge in [-0.25, -0.2) is 9.97 Å². The van der Waals surface area contributed by atoms with Crippen molar-refractivity contribution in [2.75, 3.05) is 16.5 Å². The van der Waals surface area contributed by atoms with Gasteiger partial charge in [0.15, 0.2) is 0 Å². The zero-order chi connectivity index (χ0) is 47.2. The zero-order valence-corrected chi connectivity index (χ0v) is 41.5. The smallest absolute Gasteiger partial charge is 0.137 e. The number of hydrogen-bond donors (Lipinski definition) is 0. The number of benzene rings is 6. The van der Waals surface area contributed by atoms with E-state index in [1.807, 2.05) is 6.20 Å². The number of aromatic nitrogens is 4. The molecule has 0 radical (unpaired) electrons. The number of aryl methyl sites for hydroxylation is 2. The molecule has 2 aliphatic rings. The van der Waals surface area contributed by atoms with Crippen LogP contribution in [0.15, 0.2) is 134 Å². The molecular formula is C61H64N6O. The third kappa shape index (κ3) is 7.60. The molecule has 0 saturated heterocycles. The molecule has 6 aromatic carbocycles. The Hall–Kier alpha value is -6.86. The molecule has 0 atom stereocenters. The number of hydrogen-bond acceptors (Lipinski definition) is 5. The highest BCUT2D eigenvalue weighted by atomic mass is 16.5. The van der Waals surface area contributed by atoms with E-state index >= 15 is 0 Å². The van der Waals surface area contributed by atoms with Crippen LogP contribution in [-0.4, -0.2) is 25.8 Å². The van der Waals surface area contributed by atoms with Crippen LogP contribution in [0.25, 0.3) is 49.8 Å². The van der Waals surface area contributed by atoms with E-state index in [1.54, 1.807) is 0 Å². The lowest BCUT2D eigenvalue weighted by Crippen LogP contribution is -2.24. The fourth-order valence-electron chi connectivity index (χ4n) is 10.7. The highest BCUT2D eigenvalue weighted by Crippen LogP contribution is 2.49. The van der Waals surface area contributed by atoms with E-state index in [-0.39, 0.29) is 10.8 Å². The topological polar surface area (TPSA) is 51.4 Å². The summed E-state index contributed by atoms with van der Waals surface area (Å²) < 4.78 is 11.9. The molecular weight excluding hydrogens is 833 g/mol. The van der Waals surface area contributed by atoms with Gasteiger partial charge >= 0.3 is 0 Å². The van der Waals surface area contributed by atoms with Gasteiger partial charge < -0.3 is 19.1 Å². The SMILES string of the molecule is CC(C)c1cccc(C(C)C)c1-c1cc(Oc2ccc3c4ccccc4n(-c4cc(C(C)(C)C)ccn4)c3c2)cc(N2CN(c3ccc(C(C)(C)C)cc3)c3cc4c(cc32)nc2n4CCCC2)c1. The van der Waals surface area contributed by atoms with Gasteiger partial charge in [-0.05, 0) is 136 Å². The second kappa shape index (κ2) is 16.4. The van der Waals surface area contributed by atoms with Gasteiger partial charge in [0.2, 0.25) is 0 Å². The van der Waals surface area contributed by atoms with Crippen molar-refractivity contribution in [2.24, 2.45) is 0 Å². The van der Waals surface area contributed by atoms with Gasteiger partial charge in [-0.1, -0.05) is 118 Å². The van der Waals surface area contributed by atoms with Crippen molar-refractivity contribution in [1.82, 2.24) is 19.1 Å². The lowest BCUT2D eigenvalue weighted by atomic mass is 9.85. The van der Waals surface area contributed by atoms with Crippen molar-refractivity contribution in [3.8, 4) is 28.4 Å². The number of ether oxygens (including phenoxy) is 1. The van der Waals surface area contributed by atoms with E-state index in [0.29, 0.717) is 18.5 Å². The Kier molecular flexibility index (Phi) is 10.6. The molecule has 3 aromatic heterocycles. The highest BCUT2D eigenvalue weighted by molar-refractivity contribution is 6.09. The summed E-state index contributed by atoms with van der Waals surface area (Å²) in [5, 5.41) is 2.35. The molecule has 0 bridgehead atoms. The number of anilines is 4. The third-order valence-corrected chi connectivity index (χ3v) is 14.5. The molecule has 344 valence electrons. The van der Waals surface area contributed by atoms with Crippen molar-refractivity contribution in [3.63, 3.8) is 0 Å². The Morgan fingerprint density at radius 1 is 0.574 bits per heavy atom. The van der Waals surface area contributed by atoms with Crippen LogP contribution in [0, 0.1) is 0 Å². The van der Waals surface area contributed by atoms with Crippen molar-refractivity contribution in [2.45, 2.75) is 118 Å². The van der Waals surface area contributed by atoms with Crippen molar-refractivity contribution in [1.29, 1.82) is 0 Å². The predicted molar refractivity (Wildman–Crippen MR) is 284 cm³/mol. The molecule has 0 unspecified atom stereocenters. The summed E-state index contributed by atoms with van der Waals surface area (Å²) in [4.78, 5) is 15.2. The van der Waals surface area contributed by atoms with Gasteiger partial charge in [0, 0.05) is 53.4 Å². The molecule has 0 amide bonds. The molecule has 2 aliphatic heterocycles. The number of pyridine rings is 1. The molecule has 68 heavy (non-hydrogen) atoms. The number of para-hydroxylation sites is 1. The molecule has 11 rings (SSSR count). The van der Waals surface area contributed by atoms with Gasteiger partial charge in [0.05, 0.1) is 33.4 Å². The van der Waals surface area contributed by atoms with Crippen LogP contribution < -0.4 is 14.5 Å². The normalized spacial score (nSPS) is 14.2. The van der Waals surface area contributed by atoms with Crippen LogP contribution in [0.4, 0.5) is 22.7 Å². The predicted octanol–water partition coefficient (Wildman–Crippen LogP) is 16.4. The van der Waals surface area contributed by atoms with Crippen LogP contribution in [-0.2, 0) is 23.8 Å². The molecule has 0 fully saturated rings. The lowest BCUT2D eigenvalue weighted by Gasteiger charge is -2.26. The molecule has 0 aliphatic carbocycles. The first-order chi connectivity index (χ1) is 32.6. The van der Waals surface area contributed by atoms with E-state index in [0.717, 1.165) is 69.2 Å². The Morgan fingerprint density at radius 2 is 1.28 bits per heavy atom. The van der Waals surface area contributed by atoms with Crippen LogP contribution in [0.2, 0.25) is 0 Å². The number of nitrogens with zero attached hydrogens (tertiary/aromatic N) is 6. The summed E-state index contributed by atoms with van der Waals surface area (Å²) in [6.45, 7) is 24.5. The maximum absolute atomic E-state index is 7.19. The Labute approximate surface area is 402 Å². The molecule has 0 N–H and O–H groups in total. The number of fused-ring (bicyclic) bond motifs is 7. The summed E-state index contributed by atoms with van der Waals surface area (Å²) in [5.74, 6) is 4.30. The second-order valence-electron chi connectivity index (χ2n) is 21.9. The fraction of sp³-hybridized carbons (Fsp3) is 0.311. The van der Waals surface area contributed by atoms with E-state index in [1.165, 1.54) is 68.8 Å². The maximum Gasteiger partial charge on any atom is 0.137 e. The van der Waals surface area contributed by atoms with E-state index in [4.69, 9.17) is 14.7 Å². The molecule has 7 nitrogen and oxygen atoms in total. The van der Waals surface area contributed by atoms with Gasteiger partial charge in [-0.2, -0.15) is 0 Å². The quantitative estimate of drug-likeness (QED) is 0.152. The zero-order valence-electron chi connectivity index (χ0n) is 41.5. The summed E-state index contributed by atoms with van der Waals surface area (Å²) in [7, 11) is 0. The molecule has 0 spiro atoms. The van der Waals surface area contributed by atoms with E-state index in [2.05, 4.69) is 216 Å². The van der Waals surface area contributed by atoms with Crippen LogP contribution in [0.3, 0.4) is 0 Å². The van der Waals surface area contributed by atoms with Crippen LogP contribution in [0.5, 0.6) is 11.5 Å². The second-order valence-corrected chi connectivity index (χ2v) is 21.9. The summed E-state index contributed by atoms with van der Waals surface area (Å²) >= 11 is 0. The monoisotopic (exact) mass is 897 g/mol. The summed E-state index contributed by atoms with van der Waals surface area (Å²) in [5.41, 5.74) is 16.7. The third-order valence-electron chi connectivity index (χ3n) is 14.5. The van der Waals surface area contributed by atoms with Crippen molar-refractivity contribution >= 4 is 55.6 Å². The van der Waals surface area contributed by atoms with E-state index in [9.17, 15) is 0 Å². The van der Waals surface area contributed by atoms with Crippen LogP contribution in [0.1, 0.15) is 122 Å². The average molecular weight is 897 g/mol. The minimum absolute atomic E-state index is 0.0229. The first-order valence-electron chi connectivity index (χ1n) is 24.8. The van der Waals surface area contributed by atoms with Crippen molar-refractivity contribution < 1.29 is 4.74 Å². The fourth-order valence-corrected chi connectivity index (χ4v) is 10.7. The number of imidazole rings is 1. The van der Waals surface area contributed by atoms with Gasteiger partial charge in [0.1, 0.15) is 29.8 Å².